The fourth-order valence-corrected chi connectivity index (χ4v) is 4.49. The molecule has 1 aromatic rings. The Hall–Kier alpha value is -1.59. The molecule has 3 rings (SSSR count). The van der Waals surface area contributed by atoms with Crippen LogP contribution in [-0.2, 0) is 14.2 Å². The predicted octanol–water partition coefficient (Wildman–Crippen LogP) is 5.52. The summed E-state index contributed by atoms with van der Waals surface area (Å²) in [6.45, 7) is 12.7. The second-order valence-electron chi connectivity index (χ2n) is 10.2. The lowest BCUT2D eigenvalue weighted by atomic mass is 9.75. The van der Waals surface area contributed by atoms with E-state index in [1.54, 1.807) is 12.1 Å². The Bertz CT molecular complexity index is 680. The van der Waals surface area contributed by atoms with E-state index in [-0.39, 0.29) is 17.5 Å². The van der Waals surface area contributed by atoms with Crippen LogP contribution in [0.1, 0.15) is 70.2 Å². The van der Waals surface area contributed by atoms with E-state index in [4.69, 9.17) is 18.9 Å². The van der Waals surface area contributed by atoms with Crippen molar-refractivity contribution in [3.63, 3.8) is 0 Å². The quantitative estimate of drug-likeness (QED) is 0.341. The Morgan fingerprint density at radius 2 is 1.84 bits per heavy atom. The minimum absolute atomic E-state index is 0.0220. The number of ether oxygens (including phenoxy) is 4. The van der Waals surface area contributed by atoms with Crippen molar-refractivity contribution in [3.05, 3.63) is 29.8 Å². The molecule has 1 aliphatic heterocycles. The first-order valence-electron chi connectivity index (χ1n) is 12.0. The van der Waals surface area contributed by atoms with Crippen molar-refractivity contribution in [1.29, 1.82) is 0 Å². The summed E-state index contributed by atoms with van der Waals surface area (Å²) >= 11 is 0. The largest absolute Gasteiger partial charge is 0.494 e. The fourth-order valence-electron chi connectivity index (χ4n) is 4.49. The van der Waals surface area contributed by atoms with Gasteiger partial charge in [-0.2, -0.15) is 0 Å². The van der Waals surface area contributed by atoms with E-state index >= 15 is 0 Å². The van der Waals surface area contributed by atoms with E-state index < -0.39 is 0 Å². The van der Waals surface area contributed by atoms with Gasteiger partial charge in [-0.05, 0) is 67.7 Å². The molecule has 0 spiro atoms. The van der Waals surface area contributed by atoms with Crippen molar-refractivity contribution in [3.8, 4) is 5.75 Å². The maximum absolute atomic E-state index is 12.7. The number of hydrogen-bond donors (Lipinski definition) is 0. The van der Waals surface area contributed by atoms with E-state index in [9.17, 15) is 4.79 Å². The molecule has 0 aromatic heterocycles. The van der Waals surface area contributed by atoms with Crippen LogP contribution in [0.25, 0.3) is 0 Å². The first kappa shape index (κ1) is 24.1. The van der Waals surface area contributed by atoms with E-state index in [0.29, 0.717) is 29.9 Å². The zero-order valence-corrected chi connectivity index (χ0v) is 19.7. The number of rotatable bonds is 11. The van der Waals surface area contributed by atoms with Crippen molar-refractivity contribution in [1.82, 2.24) is 0 Å². The predicted molar refractivity (Wildman–Crippen MR) is 121 cm³/mol. The fraction of sp³-hybridized carbons (Fsp3) is 0.731. The first-order chi connectivity index (χ1) is 14.9. The monoisotopic (exact) mass is 432 g/mol. The molecular weight excluding hydrogens is 392 g/mol. The number of benzene rings is 1. The van der Waals surface area contributed by atoms with Crippen LogP contribution >= 0.6 is 0 Å². The van der Waals surface area contributed by atoms with Crippen LogP contribution in [0.15, 0.2) is 24.3 Å². The summed E-state index contributed by atoms with van der Waals surface area (Å²) < 4.78 is 22.7. The number of esters is 1. The minimum Gasteiger partial charge on any atom is -0.494 e. The normalized spacial score (nSPS) is 25.1. The van der Waals surface area contributed by atoms with Gasteiger partial charge in [0.25, 0.3) is 0 Å². The zero-order valence-electron chi connectivity index (χ0n) is 19.7. The van der Waals surface area contributed by atoms with Gasteiger partial charge in [-0.25, -0.2) is 4.79 Å². The molecule has 3 unspecified atom stereocenters. The molecule has 0 bridgehead atoms. The molecular formula is C26H40O5. The topological polar surface area (TPSA) is 54.0 Å². The van der Waals surface area contributed by atoms with Crippen LogP contribution in [0.5, 0.6) is 5.75 Å². The molecule has 1 heterocycles. The summed E-state index contributed by atoms with van der Waals surface area (Å²) in [6.07, 6.45) is 5.26. The molecule has 2 aliphatic rings. The molecule has 31 heavy (non-hydrogen) atoms. The maximum Gasteiger partial charge on any atom is 0.338 e. The second-order valence-corrected chi connectivity index (χ2v) is 10.2. The van der Waals surface area contributed by atoms with E-state index in [1.165, 1.54) is 6.42 Å². The van der Waals surface area contributed by atoms with Crippen LogP contribution in [0.3, 0.4) is 0 Å². The highest BCUT2D eigenvalue weighted by Gasteiger charge is 2.34. The second kappa shape index (κ2) is 11.3. The van der Waals surface area contributed by atoms with Gasteiger partial charge in [-0.3, -0.25) is 0 Å². The summed E-state index contributed by atoms with van der Waals surface area (Å²) in [5.74, 6) is 2.16. The lowest BCUT2D eigenvalue weighted by molar-refractivity contribution is -0.138. The van der Waals surface area contributed by atoms with E-state index in [2.05, 4.69) is 27.7 Å². The highest BCUT2D eigenvalue weighted by atomic mass is 16.5. The molecule has 1 aromatic carbocycles. The van der Waals surface area contributed by atoms with Gasteiger partial charge >= 0.3 is 5.97 Å². The van der Waals surface area contributed by atoms with Crippen molar-refractivity contribution < 1.29 is 23.7 Å². The highest BCUT2D eigenvalue weighted by molar-refractivity contribution is 5.89. The molecule has 174 valence electrons. The summed E-state index contributed by atoms with van der Waals surface area (Å²) in [4.78, 5) is 12.7. The Morgan fingerprint density at radius 3 is 2.48 bits per heavy atom. The Kier molecular flexibility index (Phi) is 8.79. The highest BCUT2D eigenvalue weighted by Crippen LogP contribution is 2.35. The Labute approximate surface area is 187 Å². The zero-order chi connectivity index (χ0) is 22.3. The smallest absolute Gasteiger partial charge is 0.338 e. The summed E-state index contributed by atoms with van der Waals surface area (Å²) in [5.41, 5.74) is 0.805. The molecule has 5 heteroatoms. The maximum atomic E-state index is 12.7. The van der Waals surface area contributed by atoms with Gasteiger partial charge in [0.2, 0.25) is 0 Å². The molecule has 1 aliphatic carbocycles. The van der Waals surface area contributed by atoms with Crippen LogP contribution < -0.4 is 4.74 Å². The van der Waals surface area contributed by atoms with Gasteiger partial charge in [0.05, 0.1) is 32.0 Å². The standard InChI is InChI=1S/C26H40O5/c1-19(2)23-12-7-20(3)15-24(23)31-25(27)21-8-10-22(11-9-21)30-14-6-5-13-28-16-26(4)17-29-18-26/h8-11,19-20,23-24H,5-7,12-18H2,1-4H3. The van der Waals surface area contributed by atoms with Gasteiger partial charge in [0.1, 0.15) is 11.9 Å². The Morgan fingerprint density at radius 1 is 1.13 bits per heavy atom. The summed E-state index contributed by atoms with van der Waals surface area (Å²) in [7, 11) is 0. The van der Waals surface area contributed by atoms with Crippen LogP contribution in [0.4, 0.5) is 0 Å². The molecule has 0 N–H and O–H groups in total. The van der Waals surface area contributed by atoms with E-state index in [1.807, 2.05) is 12.1 Å². The lowest BCUT2D eigenvalue weighted by Gasteiger charge is -2.37. The number of unbranched alkanes of at least 4 members (excludes halogenated alkanes) is 1. The molecule has 0 radical (unpaired) electrons. The number of hydrogen-bond acceptors (Lipinski definition) is 5. The summed E-state index contributed by atoms with van der Waals surface area (Å²) in [5, 5.41) is 0. The van der Waals surface area contributed by atoms with Crippen LogP contribution in [0, 0.1) is 23.2 Å². The third-order valence-corrected chi connectivity index (χ3v) is 6.61. The van der Waals surface area contributed by atoms with Gasteiger partial charge in [-0.1, -0.05) is 34.1 Å². The molecule has 2 fully saturated rings. The van der Waals surface area contributed by atoms with Crippen molar-refractivity contribution in [2.45, 2.75) is 65.9 Å². The van der Waals surface area contributed by atoms with E-state index in [0.717, 1.165) is 57.9 Å². The van der Waals surface area contributed by atoms with Crippen molar-refractivity contribution in [2.24, 2.45) is 23.2 Å². The molecule has 0 amide bonds. The van der Waals surface area contributed by atoms with Gasteiger partial charge in [0.15, 0.2) is 0 Å². The molecule has 1 saturated carbocycles. The SMILES string of the molecule is CC1CCC(C(C)C)C(OC(=O)c2ccc(OCCCCOCC3(C)COC3)cc2)C1. The number of carbonyl (C=O) groups is 1. The molecule has 1 saturated heterocycles. The Balaban J connectivity index is 1.35. The van der Waals surface area contributed by atoms with Gasteiger partial charge < -0.3 is 18.9 Å². The third-order valence-electron chi connectivity index (χ3n) is 6.61. The number of carbonyl (C=O) groups excluding carboxylic acids is 1. The summed E-state index contributed by atoms with van der Waals surface area (Å²) in [6, 6.07) is 7.32. The van der Waals surface area contributed by atoms with Crippen LogP contribution in [-0.4, -0.2) is 45.1 Å². The van der Waals surface area contributed by atoms with Crippen molar-refractivity contribution in [2.75, 3.05) is 33.0 Å². The molecule has 5 nitrogen and oxygen atoms in total. The minimum atomic E-state index is -0.223. The first-order valence-corrected chi connectivity index (χ1v) is 12.0. The average molecular weight is 433 g/mol. The van der Waals surface area contributed by atoms with Gasteiger partial charge in [-0.15, -0.1) is 0 Å². The lowest BCUT2D eigenvalue weighted by Crippen LogP contribution is -2.43. The van der Waals surface area contributed by atoms with Crippen molar-refractivity contribution >= 4 is 5.97 Å². The third kappa shape index (κ3) is 7.21. The molecule has 3 atom stereocenters. The van der Waals surface area contributed by atoms with Gasteiger partial charge in [0, 0.05) is 12.0 Å². The van der Waals surface area contributed by atoms with Crippen LogP contribution in [0.2, 0.25) is 0 Å². The average Bonchev–Trinajstić information content (AvgIpc) is 2.72.